The molecule has 0 radical (unpaired) electrons. The molecule has 110 valence electrons. The summed E-state index contributed by atoms with van der Waals surface area (Å²) in [5, 5.41) is 0. The van der Waals surface area contributed by atoms with Crippen molar-refractivity contribution in [2.45, 2.75) is 26.3 Å². The number of methoxy groups -OCH3 is 1. The zero-order valence-corrected chi connectivity index (χ0v) is 12.7. The maximum Gasteiger partial charge on any atom is 0.245 e. The largest absolute Gasteiger partial charge is 0.479 e. The number of hydrogen-bond acceptors (Lipinski definition) is 5. The molecule has 1 atom stereocenters. The zero-order chi connectivity index (χ0) is 14.5. The van der Waals surface area contributed by atoms with Gasteiger partial charge >= 0.3 is 0 Å². The molecule has 2 aromatic heterocycles. The number of aromatic nitrogens is 4. The highest BCUT2D eigenvalue weighted by molar-refractivity contribution is 6.17. The Labute approximate surface area is 123 Å². The summed E-state index contributed by atoms with van der Waals surface area (Å²) in [4.78, 5) is 13.0. The highest BCUT2D eigenvalue weighted by Gasteiger charge is 2.19. The Kier molecular flexibility index (Phi) is 5.14. The quantitative estimate of drug-likeness (QED) is 0.733. The van der Waals surface area contributed by atoms with E-state index in [4.69, 9.17) is 21.1 Å². The lowest BCUT2D eigenvalue weighted by Crippen LogP contribution is -2.16. The second-order valence-corrected chi connectivity index (χ2v) is 4.78. The number of rotatable bonds is 7. The third-order valence-corrected chi connectivity index (χ3v) is 3.22. The highest BCUT2D eigenvalue weighted by Crippen LogP contribution is 2.25. The first-order chi connectivity index (χ1) is 9.72. The molecular formula is C13H19ClN4O2. The van der Waals surface area contributed by atoms with Gasteiger partial charge in [-0.25, -0.2) is 9.97 Å². The fourth-order valence-corrected chi connectivity index (χ4v) is 2.34. The number of ether oxygens (including phenoxy) is 2. The van der Waals surface area contributed by atoms with Crippen LogP contribution in [0.1, 0.15) is 25.7 Å². The first-order valence-electron chi connectivity index (χ1n) is 6.62. The number of halogens is 1. The minimum absolute atomic E-state index is 0.123. The van der Waals surface area contributed by atoms with Crippen LogP contribution < -0.4 is 4.74 Å². The van der Waals surface area contributed by atoms with Gasteiger partial charge in [-0.05, 0) is 13.8 Å². The Morgan fingerprint density at radius 2 is 2.20 bits per heavy atom. The monoisotopic (exact) mass is 298 g/mol. The second-order valence-electron chi connectivity index (χ2n) is 4.40. The first-order valence-corrected chi connectivity index (χ1v) is 7.15. The van der Waals surface area contributed by atoms with Crippen LogP contribution in [0.25, 0.3) is 11.2 Å². The van der Waals surface area contributed by atoms with Gasteiger partial charge in [0.2, 0.25) is 5.88 Å². The average molecular weight is 299 g/mol. The summed E-state index contributed by atoms with van der Waals surface area (Å²) < 4.78 is 12.8. The molecule has 2 rings (SSSR count). The van der Waals surface area contributed by atoms with Crippen LogP contribution in [0.3, 0.4) is 0 Å². The van der Waals surface area contributed by atoms with Crippen molar-refractivity contribution in [3.05, 3.63) is 12.2 Å². The summed E-state index contributed by atoms with van der Waals surface area (Å²) in [5.74, 6) is 1.86. The molecule has 0 saturated heterocycles. The van der Waals surface area contributed by atoms with Gasteiger partial charge < -0.3 is 14.0 Å². The summed E-state index contributed by atoms with van der Waals surface area (Å²) in [6, 6.07) is 0.123. The van der Waals surface area contributed by atoms with Gasteiger partial charge in [-0.2, -0.15) is 4.98 Å². The number of imidazole rings is 1. The topological polar surface area (TPSA) is 62.1 Å². The van der Waals surface area contributed by atoms with Crippen molar-refractivity contribution >= 4 is 22.8 Å². The minimum atomic E-state index is 0.123. The van der Waals surface area contributed by atoms with E-state index in [1.807, 2.05) is 6.92 Å². The van der Waals surface area contributed by atoms with E-state index >= 15 is 0 Å². The molecule has 0 spiro atoms. The molecule has 0 saturated carbocycles. The predicted molar refractivity (Wildman–Crippen MR) is 77.5 cm³/mol. The molecule has 1 unspecified atom stereocenters. The molecule has 0 aliphatic carbocycles. The molecule has 0 aromatic carbocycles. The zero-order valence-electron chi connectivity index (χ0n) is 12.0. The van der Waals surface area contributed by atoms with Crippen molar-refractivity contribution in [3.8, 4) is 5.88 Å². The molecule has 0 fully saturated rings. The van der Waals surface area contributed by atoms with Gasteiger partial charge in [0, 0.05) is 18.9 Å². The Morgan fingerprint density at radius 3 is 2.85 bits per heavy atom. The normalized spacial score (nSPS) is 12.8. The van der Waals surface area contributed by atoms with Crippen molar-refractivity contribution in [2.75, 3.05) is 26.2 Å². The van der Waals surface area contributed by atoms with Gasteiger partial charge in [0.1, 0.15) is 12.2 Å². The Morgan fingerprint density at radius 1 is 1.40 bits per heavy atom. The summed E-state index contributed by atoms with van der Waals surface area (Å²) in [5.41, 5.74) is 1.42. The van der Waals surface area contributed by atoms with Crippen molar-refractivity contribution < 1.29 is 9.47 Å². The van der Waals surface area contributed by atoms with Gasteiger partial charge in [-0.1, -0.05) is 0 Å². The molecule has 7 heteroatoms. The lowest BCUT2D eigenvalue weighted by molar-refractivity contribution is 0.119. The lowest BCUT2D eigenvalue weighted by atomic mass is 10.3. The summed E-state index contributed by atoms with van der Waals surface area (Å²) in [6.45, 7) is 5.33. The van der Waals surface area contributed by atoms with Crippen LogP contribution in [0.15, 0.2) is 6.33 Å². The van der Waals surface area contributed by atoms with Crippen LogP contribution in [0, 0.1) is 0 Å². The van der Waals surface area contributed by atoms with Gasteiger partial charge in [0.25, 0.3) is 0 Å². The average Bonchev–Trinajstić information content (AvgIpc) is 2.83. The van der Waals surface area contributed by atoms with Crippen LogP contribution in [0.2, 0.25) is 0 Å². The van der Waals surface area contributed by atoms with Crippen LogP contribution >= 0.6 is 11.6 Å². The summed E-state index contributed by atoms with van der Waals surface area (Å²) in [7, 11) is 1.58. The van der Waals surface area contributed by atoms with E-state index in [0.717, 1.165) is 11.5 Å². The maximum atomic E-state index is 5.87. The number of alkyl halides is 1. The third kappa shape index (κ3) is 2.86. The molecule has 0 aliphatic heterocycles. The third-order valence-electron chi connectivity index (χ3n) is 3.03. The van der Waals surface area contributed by atoms with E-state index < -0.39 is 0 Å². The van der Waals surface area contributed by atoms with Crippen LogP contribution in [-0.4, -0.2) is 45.7 Å². The van der Waals surface area contributed by atoms with Crippen molar-refractivity contribution in [1.82, 2.24) is 19.5 Å². The maximum absolute atomic E-state index is 5.87. The minimum Gasteiger partial charge on any atom is -0.479 e. The fourth-order valence-electron chi connectivity index (χ4n) is 2.17. The van der Waals surface area contributed by atoms with Crippen molar-refractivity contribution in [2.24, 2.45) is 0 Å². The molecule has 0 N–H and O–H groups in total. The fraction of sp³-hybridized carbons (Fsp3) is 0.615. The molecule has 2 heterocycles. The molecule has 0 bridgehead atoms. The van der Waals surface area contributed by atoms with E-state index in [2.05, 4.69) is 26.4 Å². The van der Waals surface area contributed by atoms with E-state index in [1.54, 1.807) is 7.11 Å². The van der Waals surface area contributed by atoms with E-state index in [0.29, 0.717) is 36.9 Å². The van der Waals surface area contributed by atoms with Crippen LogP contribution in [-0.2, 0) is 11.2 Å². The summed E-state index contributed by atoms with van der Waals surface area (Å²) in [6.07, 6.45) is 2.15. The Bertz CT molecular complexity index is 573. The van der Waals surface area contributed by atoms with E-state index in [-0.39, 0.29) is 6.04 Å². The van der Waals surface area contributed by atoms with Gasteiger partial charge in [0.05, 0.1) is 19.8 Å². The number of aryl methyl sites for hydroxylation is 1. The van der Waals surface area contributed by atoms with E-state index in [1.165, 1.54) is 6.33 Å². The number of fused-ring (bicyclic) bond motifs is 1. The second kappa shape index (κ2) is 6.85. The SMILES string of the molecule is CCOCC(C)n1c(CCCl)nc2c(OC)ncnc21. The smallest absolute Gasteiger partial charge is 0.245 e. The first kappa shape index (κ1) is 15.0. The van der Waals surface area contributed by atoms with E-state index in [9.17, 15) is 0 Å². The van der Waals surface area contributed by atoms with Gasteiger partial charge in [-0.15, -0.1) is 11.6 Å². The molecule has 20 heavy (non-hydrogen) atoms. The Hall–Kier alpha value is -1.40. The molecule has 0 aliphatic rings. The predicted octanol–water partition coefficient (Wildman–Crippen LogP) is 2.21. The van der Waals surface area contributed by atoms with Crippen LogP contribution in [0.4, 0.5) is 0 Å². The molecular weight excluding hydrogens is 280 g/mol. The Balaban J connectivity index is 2.51. The van der Waals surface area contributed by atoms with Gasteiger partial charge in [0.15, 0.2) is 11.2 Å². The van der Waals surface area contributed by atoms with Crippen LogP contribution in [0.5, 0.6) is 5.88 Å². The van der Waals surface area contributed by atoms with Gasteiger partial charge in [-0.3, -0.25) is 0 Å². The molecule has 2 aromatic rings. The molecule has 0 amide bonds. The molecule has 6 nitrogen and oxygen atoms in total. The number of hydrogen-bond donors (Lipinski definition) is 0. The highest BCUT2D eigenvalue weighted by atomic mass is 35.5. The number of nitrogens with zero attached hydrogens (tertiary/aromatic N) is 4. The lowest BCUT2D eigenvalue weighted by Gasteiger charge is -2.16. The van der Waals surface area contributed by atoms with Crippen molar-refractivity contribution in [1.29, 1.82) is 0 Å². The van der Waals surface area contributed by atoms with Crippen molar-refractivity contribution in [3.63, 3.8) is 0 Å². The standard InChI is InChI=1S/C13H19ClN4O2/c1-4-20-7-9(2)18-10(5-6-14)17-11-12(18)15-8-16-13(11)19-3/h8-9H,4-7H2,1-3H3. The summed E-state index contributed by atoms with van der Waals surface area (Å²) >= 11 is 5.87.